The molecule has 1 heterocycles. The molecule has 2 nitrogen and oxygen atoms in total. The second-order valence-electron chi connectivity index (χ2n) is 4.15. The topological polar surface area (TPSA) is 8.17 Å². The number of rotatable bonds is 4. The number of hydrogen-bond donors (Lipinski definition) is 0. The smallest absolute Gasteiger partial charge is 0.0480 e. The molecule has 0 aliphatic heterocycles. The van der Waals surface area contributed by atoms with E-state index in [1.54, 1.807) is 0 Å². The Labute approximate surface area is 91.1 Å². The van der Waals surface area contributed by atoms with Gasteiger partial charge < -0.3 is 9.47 Å². The lowest BCUT2D eigenvalue weighted by atomic mass is 10.2. The van der Waals surface area contributed by atoms with Crippen LogP contribution in [0.25, 0.3) is 10.9 Å². The summed E-state index contributed by atoms with van der Waals surface area (Å²) in [6.45, 7) is 2.23. The van der Waals surface area contributed by atoms with E-state index in [1.807, 2.05) is 12.1 Å². The summed E-state index contributed by atoms with van der Waals surface area (Å²) >= 11 is 0. The first-order chi connectivity index (χ1) is 7.27. The molecule has 0 bridgehead atoms. The molecule has 0 spiro atoms. The lowest BCUT2D eigenvalue weighted by Crippen LogP contribution is -2.14. The van der Waals surface area contributed by atoms with E-state index in [2.05, 4.69) is 48.0 Å². The molecule has 1 aromatic heterocycles. The maximum absolute atomic E-state index is 3.10. The molecule has 0 amide bonds. The minimum atomic E-state index is 1.09. The molecule has 0 unspecified atom stereocenters. The van der Waals surface area contributed by atoms with E-state index in [9.17, 15) is 0 Å². The Morgan fingerprint density at radius 3 is 3.00 bits per heavy atom. The number of aryl methyl sites for hydroxylation is 1. The standard InChI is InChI=1S/C13H17N2/c1-14(2)9-5-10-15-11-8-12-6-3-4-7-13(12)15/h4,6-8,11H,5,9-10H2,1-2H3. The summed E-state index contributed by atoms with van der Waals surface area (Å²) in [4.78, 5) is 2.22. The highest BCUT2D eigenvalue weighted by atomic mass is 15.1. The molecule has 79 valence electrons. The summed E-state index contributed by atoms with van der Waals surface area (Å²) in [6, 6.07) is 11.4. The maximum atomic E-state index is 3.10. The van der Waals surface area contributed by atoms with Gasteiger partial charge in [-0.1, -0.05) is 6.07 Å². The zero-order valence-electron chi connectivity index (χ0n) is 9.40. The van der Waals surface area contributed by atoms with Gasteiger partial charge in [0.05, 0.1) is 0 Å². The number of hydrogen-bond acceptors (Lipinski definition) is 1. The Bertz CT molecular complexity index is 429. The van der Waals surface area contributed by atoms with Crippen LogP contribution in [0.5, 0.6) is 0 Å². The molecule has 0 aliphatic carbocycles. The third-order valence-electron chi connectivity index (χ3n) is 2.62. The minimum absolute atomic E-state index is 1.09. The molecule has 1 radical (unpaired) electrons. The molecule has 0 atom stereocenters. The van der Waals surface area contributed by atoms with Crippen LogP contribution in [-0.4, -0.2) is 30.1 Å². The van der Waals surface area contributed by atoms with E-state index in [-0.39, 0.29) is 0 Å². The third kappa shape index (κ3) is 2.39. The highest BCUT2D eigenvalue weighted by molar-refractivity contribution is 5.79. The van der Waals surface area contributed by atoms with Gasteiger partial charge in [0.15, 0.2) is 0 Å². The molecule has 0 aliphatic rings. The molecule has 0 fully saturated rings. The molecule has 2 rings (SSSR count). The first-order valence-corrected chi connectivity index (χ1v) is 5.37. The lowest BCUT2D eigenvalue weighted by molar-refractivity contribution is 0.388. The van der Waals surface area contributed by atoms with Crippen LogP contribution in [0.1, 0.15) is 6.42 Å². The Kier molecular flexibility index (Phi) is 3.07. The highest BCUT2D eigenvalue weighted by Crippen LogP contribution is 2.14. The summed E-state index contributed by atoms with van der Waals surface area (Å²) in [5.41, 5.74) is 1.31. The van der Waals surface area contributed by atoms with Crippen LogP contribution < -0.4 is 0 Å². The highest BCUT2D eigenvalue weighted by Gasteiger charge is 1.99. The van der Waals surface area contributed by atoms with Crippen LogP contribution in [0.4, 0.5) is 0 Å². The number of aromatic nitrogens is 1. The van der Waals surface area contributed by atoms with Crippen LogP contribution in [-0.2, 0) is 6.54 Å². The van der Waals surface area contributed by atoms with E-state index in [0.29, 0.717) is 0 Å². The second kappa shape index (κ2) is 4.49. The fourth-order valence-electron chi connectivity index (χ4n) is 1.83. The Hall–Kier alpha value is -1.28. The molecule has 2 aromatic rings. The Morgan fingerprint density at radius 2 is 2.20 bits per heavy atom. The van der Waals surface area contributed by atoms with Crippen molar-refractivity contribution >= 4 is 10.9 Å². The summed E-state index contributed by atoms with van der Waals surface area (Å²) in [6.07, 6.45) is 3.35. The van der Waals surface area contributed by atoms with Crippen molar-refractivity contribution in [1.29, 1.82) is 0 Å². The third-order valence-corrected chi connectivity index (χ3v) is 2.62. The largest absolute Gasteiger partial charge is 0.347 e. The van der Waals surface area contributed by atoms with Gasteiger partial charge in [0.2, 0.25) is 0 Å². The van der Waals surface area contributed by atoms with Crippen LogP contribution in [0.2, 0.25) is 0 Å². The average molecular weight is 201 g/mol. The number of benzene rings is 1. The maximum Gasteiger partial charge on any atom is 0.0480 e. The van der Waals surface area contributed by atoms with Gasteiger partial charge in [0.25, 0.3) is 0 Å². The number of fused-ring (bicyclic) bond motifs is 1. The van der Waals surface area contributed by atoms with Gasteiger partial charge in [0, 0.05) is 23.6 Å². The van der Waals surface area contributed by atoms with Crippen LogP contribution >= 0.6 is 0 Å². The van der Waals surface area contributed by atoms with Gasteiger partial charge in [-0.25, -0.2) is 0 Å². The molecule has 1 aromatic carbocycles. The Balaban J connectivity index is 2.08. The second-order valence-corrected chi connectivity index (χ2v) is 4.15. The first kappa shape index (κ1) is 10.2. The van der Waals surface area contributed by atoms with Crippen LogP contribution in [0.3, 0.4) is 0 Å². The number of nitrogens with zero attached hydrogens (tertiary/aromatic N) is 2. The molecular formula is C13H17N2. The van der Waals surface area contributed by atoms with Gasteiger partial charge >= 0.3 is 0 Å². The van der Waals surface area contributed by atoms with E-state index in [0.717, 1.165) is 13.1 Å². The van der Waals surface area contributed by atoms with E-state index in [4.69, 9.17) is 0 Å². The van der Waals surface area contributed by atoms with Crippen molar-refractivity contribution in [3.63, 3.8) is 0 Å². The molecular weight excluding hydrogens is 184 g/mol. The zero-order valence-corrected chi connectivity index (χ0v) is 9.40. The minimum Gasteiger partial charge on any atom is -0.347 e. The van der Waals surface area contributed by atoms with Crippen molar-refractivity contribution in [2.45, 2.75) is 13.0 Å². The first-order valence-electron chi connectivity index (χ1n) is 5.37. The van der Waals surface area contributed by atoms with E-state index < -0.39 is 0 Å². The van der Waals surface area contributed by atoms with Gasteiger partial charge in [0.1, 0.15) is 0 Å². The SMILES string of the molecule is CN(C)CCCn1ccc2c[c]ccc21. The summed E-state index contributed by atoms with van der Waals surface area (Å²) in [7, 11) is 4.23. The molecule has 15 heavy (non-hydrogen) atoms. The Morgan fingerprint density at radius 1 is 1.33 bits per heavy atom. The summed E-state index contributed by atoms with van der Waals surface area (Å²) in [5.74, 6) is 0. The van der Waals surface area contributed by atoms with Gasteiger partial charge in [-0.15, -0.1) is 0 Å². The van der Waals surface area contributed by atoms with E-state index in [1.165, 1.54) is 17.3 Å². The molecule has 0 saturated carbocycles. The van der Waals surface area contributed by atoms with Gasteiger partial charge in [-0.3, -0.25) is 0 Å². The van der Waals surface area contributed by atoms with Crippen molar-refractivity contribution in [1.82, 2.24) is 9.47 Å². The van der Waals surface area contributed by atoms with Crippen molar-refractivity contribution in [3.8, 4) is 0 Å². The average Bonchev–Trinajstić information content (AvgIpc) is 2.62. The lowest BCUT2D eigenvalue weighted by Gasteiger charge is -2.10. The normalized spacial score (nSPS) is 11.4. The predicted molar refractivity (Wildman–Crippen MR) is 63.9 cm³/mol. The van der Waals surface area contributed by atoms with Crippen molar-refractivity contribution < 1.29 is 0 Å². The fraction of sp³-hybridized carbons (Fsp3) is 0.385. The summed E-state index contributed by atoms with van der Waals surface area (Å²) < 4.78 is 2.31. The van der Waals surface area contributed by atoms with Crippen molar-refractivity contribution in [2.75, 3.05) is 20.6 Å². The molecule has 0 saturated heterocycles. The van der Waals surface area contributed by atoms with Gasteiger partial charge in [-0.05, 0) is 51.3 Å². The predicted octanol–water partition coefficient (Wildman–Crippen LogP) is 2.39. The van der Waals surface area contributed by atoms with Gasteiger partial charge in [-0.2, -0.15) is 0 Å². The summed E-state index contributed by atoms with van der Waals surface area (Å²) in [5, 5.41) is 1.28. The quantitative estimate of drug-likeness (QED) is 0.737. The fourth-order valence-corrected chi connectivity index (χ4v) is 1.83. The van der Waals surface area contributed by atoms with Crippen LogP contribution in [0.15, 0.2) is 30.5 Å². The monoisotopic (exact) mass is 201 g/mol. The zero-order chi connectivity index (χ0) is 10.7. The van der Waals surface area contributed by atoms with E-state index >= 15 is 0 Å². The molecule has 2 heteroatoms. The van der Waals surface area contributed by atoms with Crippen molar-refractivity contribution in [3.05, 3.63) is 36.5 Å². The van der Waals surface area contributed by atoms with Crippen molar-refractivity contribution in [2.24, 2.45) is 0 Å². The van der Waals surface area contributed by atoms with Crippen LogP contribution in [0, 0.1) is 6.07 Å². The molecule has 0 N–H and O–H groups in total.